The van der Waals surface area contributed by atoms with E-state index in [0.29, 0.717) is 31.3 Å². The van der Waals surface area contributed by atoms with Crippen LogP contribution in [-0.4, -0.2) is 15.7 Å². The van der Waals surface area contributed by atoms with Gasteiger partial charge in [0.15, 0.2) is 0 Å². The van der Waals surface area contributed by atoms with E-state index in [1.807, 2.05) is 0 Å². The molecule has 0 bridgehead atoms. The minimum Gasteiger partial charge on any atom is -0.375 e. The maximum absolute atomic E-state index is 9.33. The second kappa shape index (κ2) is 11.9. The van der Waals surface area contributed by atoms with Gasteiger partial charge in [0, 0.05) is 0 Å². The van der Waals surface area contributed by atoms with Crippen LogP contribution < -0.4 is 5.62 Å². The first-order valence-electron chi connectivity index (χ1n) is 13.9. The summed E-state index contributed by atoms with van der Waals surface area (Å²) in [6.07, 6.45) is 0.793. The van der Waals surface area contributed by atoms with Gasteiger partial charge in [0.25, 0.3) is 0 Å². The van der Waals surface area contributed by atoms with E-state index in [1.165, 1.54) is 33.4 Å². The topological polar surface area (TPSA) is 42.9 Å². The van der Waals surface area contributed by atoms with Crippen LogP contribution in [0.5, 0.6) is 0 Å². The van der Waals surface area contributed by atoms with Gasteiger partial charge < -0.3 is 13.9 Å². The van der Waals surface area contributed by atoms with Crippen LogP contribution in [0.2, 0.25) is 0 Å². The number of nitrogens with zero attached hydrogens (tertiary/aromatic N) is 2. The van der Waals surface area contributed by atoms with Crippen molar-refractivity contribution in [1.82, 2.24) is 9.13 Å². The molecule has 4 aromatic carbocycles. The van der Waals surface area contributed by atoms with Gasteiger partial charge in [-0.2, -0.15) is 0 Å². The van der Waals surface area contributed by atoms with E-state index in [4.69, 9.17) is 4.74 Å². The molecule has 200 valence electrons. The zero-order valence-corrected chi connectivity index (χ0v) is 23.5. The Hall–Kier alpha value is -3.89. The average molecular weight is 518 g/mol. The summed E-state index contributed by atoms with van der Waals surface area (Å²) in [5.74, 6) is 0.517. The summed E-state index contributed by atoms with van der Waals surface area (Å²) in [6, 6.07) is 34.4. The molecule has 0 aliphatic carbocycles. The number of hydrogen-bond donors (Lipinski definition) is 1. The van der Waals surface area contributed by atoms with Crippen LogP contribution in [0.25, 0.3) is 11.0 Å². The number of rotatable bonds is 10. The quantitative estimate of drug-likeness (QED) is 0.203. The number of hydrogen-bond acceptors (Lipinski definition) is 2. The third kappa shape index (κ3) is 6.23. The lowest BCUT2D eigenvalue weighted by Crippen LogP contribution is -2.31. The molecule has 0 aliphatic rings. The Bertz CT molecular complexity index is 1570. The van der Waals surface area contributed by atoms with E-state index in [2.05, 4.69) is 134 Å². The number of aryl methyl sites for hydroxylation is 2. The molecule has 4 nitrogen and oxygen atoms in total. The van der Waals surface area contributed by atoms with Crippen molar-refractivity contribution in [3.8, 4) is 0 Å². The van der Waals surface area contributed by atoms with E-state index in [1.54, 1.807) is 0 Å². The average Bonchev–Trinajstić information content (AvgIpc) is 3.21. The molecular formula is C35H39N3O. The molecule has 1 aromatic heterocycles. The first-order valence-corrected chi connectivity index (χ1v) is 13.9. The first kappa shape index (κ1) is 26.7. The van der Waals surface area contributed by atoms with Crippen molar-refractivity contribution in [2.45, 2.75) is 59.2 Å². The monoisotopic (exact) mass is 517 g/mol. The number of nitrogens with one attached hydrogen (secondary N) is 1. The van der Waals surface area contributed by atoms with Gasteiger partial charge in [0.2, 0.25) is 5.62 Å². The summed E-state index contributed by atoms with van der Waals surface area (Å²) in [5, 5.41) is 9.33. The fraction of sp³-hybridized carbons (Fsp3) is 0.286. The Morgan fingerprint density at radius 3 is 1.87 bits per heavy atom. The summed E-state index contributed by atoms with van der Waals surface area (Å²) in [4.78, 5) is 0. The molecule has 0 radical (unpaired) electrons. The molecule has 5 rings (SSSR count). The standard InChI is InChI=1S/C35H39N3O/c1-25(2)31-19-17-30(18-20-31)23-39-24-32(21-28-13-9-26(3)10-14-28)38-34-8-6-5-7-33(34)37(35(38)36)22-29-15-11-27(4)12-16-29/h5-20,25,32,36H,21-24H2,1-4H3/t32-/m0/s1. The van der Waals surface area contributed by atoms with Crippen molar-refractivity contribution < 1.29 is 4.74 Å². The van der Waals surface area contributed by atoms with Crippen LogP contribution in [0.1, 0.15) is 59.2 Å². The molecule has 39 heavy (non-hydrogen) atoms. The summed E-state index contributed by atoms with van der Waals surface area (Å²) in [7, 11) is 0. The minimum absolute atomic E-state index is 0.0145. The highest BCUT2D eigenvalue weighted by Crippen LogP contribution is 2.23. The summed E-state index contributed by atoms with van der Waals surface area (Å²) in [5.41, 5.74) is 10.1. The SMILES string of the molecule is Cc1ccc(C[C@@H](COCc2ccc(C(C)C)cc2)n2c(=N)n(Cc3ccc(C)cc3)c3ccccc32)cc1. The largest absolute Gasteiger partial charge is 0.375 e. The molecule has 0 saturated carbocycles. The van der Waals surface area contributed by atoms with Gasteiger partial charge in [-0.05, 0) is 60.6 Å². The van der Waals surface area contributed by atoms with Gasteiger partial charge in [0.1, 0.15) is 0 Å². The van der Waals surface area contributed by atoms with Crippen LogP contribution >= 0.6 is 0 Å². The molecule has 0 aliphatic heterocycles. The number of ether oxygens (including phenoxy) is 1. The van der Waals surface area contributed by atoms with Crippen molar-refractivity contribution in [3.63, 3.8) is 0 Å². The molecule has 0 unspecified atom stereocenters. The smallest absolute Gasteiger partial charge is 0.203 e. The molecule has 5 aromatic rings. The van der Waals surface area contributed by atoms with Crippen molar-refractivity contribution in [2.24, 2.45) is 0 Å². The van der Waals surface area contributed by atoms with E-state index >= 15 is 0 Å². The molecule has 0 saturated heterocycles. The normalized spacial score (nSPS) is 12.3. The number of imidazole rings is 1. The van der Waals surface area contributed by atoms with Gasteiger partial charge in [-0.25, -0.2) is 0 Å². The first-order chi connectivity index (χ1) is 18.9. The second-order valence-electron chi connectivity index (χ2n) is 11.0. The zero-order chi connectivity index (χ0) is 27.4. The third-order valence-corrected chi connectivity index (χ3v) is 7.56. The fourth-order valence-electron chi connectivity index (χ4n) is 5.19. The van der Waals surface area contributed by atoms with Crippen LogP contribution in [0.4, 0.5) is 0 Å². The predicted molar refractivity (Wildman–Crippen MR) is 160 cm³/mol. The Labute approximate surface area is 232 Å². The number of fused-ring (bicyclic) bond motifs is 1. The summed E-state index contributed by atoms with van der Waals surface area (Å²) >= 11 is 0. The number of para-hydroxylation sites is 2. The highest BCUT2D eigenvalue weighted by Gasteiger charge is 2.20. The van der Waals surface area contributed by atoms with Gasteiger partial charge in [-0.3, -0.25) is 5.41 Å². The minimum atomic E-state index is -0.0145. The van der Waals surface area contributed by atoms with Crippen molar-refractivity contribution in [3.05, 3.63) is 136 Å². The summed E-state index contributed by atoms with van der Waals surface area (Å²) < 4.78 is 10.7. The Balaban J connectivity index is 1.47. The Morgan fingerprint density at radius 2 is 1.26 bits per heavy atom. The number of benzene rings is 4. The van der Waals surface area contributed by atoms with E-state index in [-0.39, 0.29) is 6.04 Å². The molecule has 1 N–H and O–H groups in total. The zero-order valence-electron chi connectivity index (χ0n) is 23.5. The highest BCUT2D eigenvalue weighted by atomic mass is 16.5. The fourth-order valence-corrected chi connectivity index (χ4v) is 5.19. The van der Waals surface area contributed by atoms with E-state index in [0.717, 1.165) is 17.5 Å². The number of aromatic nitrogens is 2. The summed E-state index contributed by atoms with van der Waals surface area (Å²) in [6.45, 7) is 10.4. The molecule has 0 spiro atoms. The molecule has 1 atom stereocenters. The molecule has 1 heterocycles. The van der Waals surface area contributed by atoms with Gasteiger partial charge in [-0.15, -0.1) is 0 Å². The van der Waals surface area contributed by atoms with E-state index in [9.17, 15) is 5.41 Å². The predicted octanol–water partition coefficient (Wildman–Crippen LogP) is 7.71. The van der Waals surface area contributed by atoms with Crippen LogP contribution in [0, 0.1) is 19.3 Å². The second-order valence-corrected chi connectivity index (χ2v) is 11.0. The van der Waals surface area contributed by atoms with Crippen molar-refractivity contribution >= 4 is 11.0 Å². The molecule has 0 amide bonds. The Morgan fingerprint density at radius 1 is 0.692 bits per heavy atom. The van der Waals surface area contributed by atoms with Gasteiger partial charge in [0.05, 0.1) is 36.8 Å². The van der Waals surface area contributed by atoms with Crippen molar-refractivity contribution in [2.75, 3.05) is 6.61 Å². The van der Waals surface area contributed by atoms with Gasteiger partial charge in [-0.1, -0.05) is 110 Å². The van der Waals surface area contributed by atoms with E-state index < -0.39 is 0 Å². The van der Waals surface area contributed by atoms with Crippen LogP contribution in [-0.2, 0) is 24.3 Å². The maximum atomic E-state index is 9.33. The highest BCUT2D eigenvalue weighted by molar-refractivity contribution is 5.76. The lowest BCUT2D eigenvalue weighted by Gasteiger charge is -2.20. The maximum Gasteiger partial charge on any atom is 0.203 e. The van der Waals surface area contributed by atoms with Crippen LogP contribution in [0.15, 0.2) is 97.1 Å². The molecule has 4 heteroatoms. The molecule has 0 fully saturated rings. The van der Waals surface area contributed by atoms with Gasteiger partial charge >= 0.3 is 0 Å². The molecular weight excluding hydrogens is 478 g/mol. The van der Waals surface area contributed by atoms with Crippen LogP contribution in [0.3, 0.4) is 0 Å². The lowest BCUT2D eigenvalue weighted by molar-refractivity contribution is 0.0893. The Kier molecular flexibility index (Phi) is 8.13. The van der Waals surface area contributed by atoms with Crippen molar-refractivity contribution in [1.29, 1.82) is 5.41 Å². The third-order valence-electron chi connectivity index (χ3n) is 7.56. The lowest BCUT2D eigenvalue weighted by atomic mass is 10.0.